The Morgan fingerprint density at radius 2 is 1.69 bits per heavy atom. The third kappa shape index (κ3) is 4.84. The largest absolute Gasteiger partial charge is 0.368 e. The Morgan fingerprint density at radius 3 is 2.31 bits per heavy atom. The van der Waals surface area contributed by atoms with E-state index in [0.29, 0.717) is 17.3 Å². The molecule has 2 fully saturated rings. The first-order valence-electron chi connectivity index (χ1n) is 12.7. The number of amides is 1. The normalized spacial score (nSPS) is 17.3. The van der Waals surface area contributed by atoms with Crippen molar-refractivity contribution in [2.75, 3.05) is 51.2 Å². The number of anilines is 1. The van der Waals surface area contributed by atoms with Crippen LogP contribution in [0, 0.1) is 25.2 Å². The zero-order valence-corrected chi connectivity index (χ0v) is 21.3. The molecule has 0 saturated carbocycles. The van der Waals surface area contributed by atoms with Gasteiger partial charge in [-0.25, -0.2) is 0 Å². The summed E-state index contributed by atoms with van der Waals surface area (Å²) in [6, 6.07) is 14.2. The number of likely N-dealkylation sites (N-methyl/N-ethyl adjacent to an activating group) is 1. The number of piperidine rings is 1. The van der Waals surface area contributed by atoms with Gasteiger partial charge in [0.15, 0.2) is 5.82 Å². The highest BCUT2D eigenvalue weighted by Gasteiger charge is 2.28. The van der Waals surface area contributed by atoms with Crippen LogP contribution in [0.3, 0.4) is 0 Å². The molecule has 0 atom stereocenters. The summed E-state index contributed by atoms with van der Waals surface area (Å²) in [5, 5.41) is 17.6. The van der Waals surface area contributed by atoms with Gasteiger partial charge in [0.25, 0.3) is 5.91 Å². The fourth-order valence-corrected chi connectivity index (χ4v) is 5.31. The van der Waals surface area contributed by atoms with E-state index >= 15 is 0 Å². The minimum Gasteiger partial charge on any atom is -0.368 e. The van der Waals surface area contributed by atoms with Gasteiger partial charge >= 0.3 is 0 Å². The van der Waals surface area contributed by atoms with Crippen LogP contribution in [0.2, 0.25) is 0 Å². The molecule has 186 valence electrons. The Labute approximate surface area is 212 Å². The monoisotopic (exact) mass is 483 g/mol. The lowest BCUT2D eigenvalue weighted by Gasteiger charge is -2.36. The van der Waals surface area contributed by atoms with Crippen molar-refractivity contribution in [3.8, 4) is 17.5 Å². The molecule has 3 aromatic rings. The van der Waals surface area contributed by atoms with Gasteiger partial charge in [-0.2, -0.15) is 5.26 Å². The maximum atomic E-state index is 13.7. The Kier molecular flexibility index (Phi) is 6.75. The minimum atomic E-state index is 0.0770. The number of likely N-dealkylation sites (tertiary alicyclic amines) is 1. The summed E-state index contributed by atoms with van der Waals surface area (Å²) >= 11 is 0. The van der Waals surface area contributed by atoms with Crippen molar-refractivity contribution in [1.82, 2.24) is 25.0 Å². The van der Waals surface area contributed by atoms with Crippen LogP contribution in [0.4, 0.5) is 5.69 Å². The number of H-pyrrole nitrogens is 1. The fourth-order valence-electron chi connectivity index (χ4n) is 5.31. The molecule has 8 heteroatoms. The number of nitrogens with one attached hydrogen (secondary N) is 1. The molecule has 1 N–H and O–H groups in total. The van der Waals surface area contributed by atoms with Crippen LogP contribution in [-0.2, 0) is 0 Å². The summed E-state index contributed by atoms with van der Waals surface area (Å²) < 4.78 is 0. The van der Waals surface area contributed by atoms with Crippen molar-refractivity contribution in [2.45, 2.75) is 32.6 Å². The molecule has 2 saturated heterocycles. The second-order valence-corrected chi connectivity index (χ2v) is 10.0. The molecule has 0 unspecified atom stereocenters. The van der Waals surface area contributed by atoms with Gasteiger partial charge < -0.3 is 19.7 Å². The number of nitriles is 1. The summed E-state index contributed by atoms with van der Waals surface area (Å²) in [6.07, 6.45) is 1.84. The van der Waals surface area contributed by atoms with Gasteiger partial charge in [0.1, 0.15) is 5.82 Å². The average molecular weight is 484 g/mol. The van der Waals surface area contributed by atoms with Crippen molar-refractivity contribution in [1.29, 1.82) is 5.26 Å². The number of aromatic nitrogens is 3. The maximum absolute atomic E-state index is 13.7. The molecule has 2 aliphatic rings. The Morgan fingerprint density at radius 1 is 1.00 bits per heavy atom. The molecular formula is C28H33N7O. The lowest BCUT2D eigenvalue weighted by atomic mass is 9.88. The molecule has 2 aromatic carbocycles. The highest BCUT2D eigenvalue weighted by atomic mass is 16.2. The maximum Gasteiger partial charge on any atom is 0.254 e. The standard InChI is InChI=1S/C28H33N7O/c1-19-16-26(34-14-12-33(3)13-15-34)25(27-30-20(2)31-32-27)17-24(19)28(36)35-10-8-23(9-11-35)22-6-4-21(18-29)5-7-22/h4-7,16-17,23H,8-15H2,1-3H3,(H,30,31,32). The third-order valence-corrected chi connectivity index (χ3v) is 7.56. The fraction of sp³-hybridized carbons (Fsp3) is 0.429. The molecule has 0 radical (unpaired) electrons. The van der Waals surface area contributed by atoms with Gasteiger partial charge in [-0.1, -0.05) is 12.1 Å². The predicted molar refractivity (Wildman–Crippen MR) is 140 cm³/mol. The number of piperazine rings is 1. The van der Waals surface area contributed by atoms with Gasteiger partial charge in [0.05, 0.1) is 11.6 Å². The van der Waals surface area contributed by atoms with Crippen LogP contribution >= 0.6 is 0 Å². The molecular weight excluding hydrogens is 450 g/mol. The number of nitrogens with zero attached hydrogens (tertiary/aromatic N) is 6. The number of rotatable bonds is 4. The van der Waals surface area contributed by atoms with Crippen molar-refractivity contribution in [3.05, 3.63) is 64.5 Å². The SMILES string of the molecule is Cc1nnc(-c2cc(C(=O)N3CCC(c4ccc(C#N)cc4)CC3)c(C)cc2N2CCN(C)CC2)[nH]1. The second kappa shape index (κ2) is 10.1. The Balaban J connectivity index is 1.38. The van der Waals surface area contributed by atoms with Crippen LogP contribution in [0.1, 0.15) is 51.6 Å². The van der Waals surface area contributed by atoms with Crippen LogP contribution in [0.5, 0.6) is 0 Å². The first-order valence-corrected chi connectivity index (χ1v) is 12.7. The molecule has 3 heterocycles. The van der Waals surface area contributed by atoms with Gasteiger partial charge in [0, 0.05) is 56.1 Å². The van der Waals surface area contributed by atoms with Crippen molar-refractivity contribution < 1.29 is 4.79 Å². The van der Waals surface area contributed by atoms with E-state index in [1.54, 1.807) is 0 Å². The molecule has 2 aliphatic heterocycles. The first-order chi connectivity index (χ1) is 17.4. The lowest BCUT2D eigenvalue weighted by molar-refractivity contribution is 0.0712. The molecule has 1 amide bonds. The van der Waals surface area contributed by atoms with Crippen LogP contribution in [0.25, 0.3) is 11.4 Å². The second-order valence-electron chi connectivity index (χ2n) is 10.0. The van der Waals surface area contributed by atoms with E-state index in [4.69, 9.17) is 5.26 Å². The summed E-state index contributed by atoms with van der Waals surface area (Å²) in [4.78, 5) is 23.7. The van der Waals surface area contributed by atoms with Crippen molar-refractivity contribution in [3.63, 3.8) is 0 Å². The quantitative estimate of drug-likeness (QED) is 0.608. The van der Waals surface area contributed by atoms with E-state index in [1.807, 2.05) is 49.1 Å². The molecule has 0 bridgehead atoms. The van der Waals surface area contributed by atoms with Crippen LogP contribution < -0.4 is 4.90 Å². The summed E-state index contributed by atoms with van der Waals surface area (Å²) in [6.45, 7) is 9.25. The van der Waals surface area contributed by atoms with Crippen LogP contribution in [0.15, 0.2) is 36.4 Å². The zero-order chi connectivity index (χ0) is 25.2. The number of hydrogen-bond donors (Lipinski definition) is 1. The van der Waals surface area contributed by atoms with Gasteiger partial charge in [-0.15, -0.1) is 10.2 Å². The average Bonchev–Trinajstić information content (AvgIpc) is 3.34. The van der Waals surface area contributed by atoms with Crippen molar-refractivity contribution in [2.24, 2.45) is 0 Å². The Hall–Kier alpha value is -3.70. The summed E-state index contributed by atoms with van der Waals surface area (Å²) in [7, 11) is 2.15. The summed E-state index contributed by atoms with van der Waals surface area (Å²) in [5.74, 6) is 1.95. The number of aryl methyl sites for hydroxylation is 2. The van der Waals surface area contributed by atoms with Crippen LogP contribution in [-0.4, -0.2) is 77.2 Å². The van der Waals surface area contributed by atoms with E-state index in [1.165, 1.54) is 5.56 Å². The van der Waals surface area contributed by atoms with E-state index in [2.05, 4.69) is 44.2 Å². The number of benzene rings is 2. The number of carbonyl (C=O) groups is 1. The number of hydrogen-bond acceptors (Lipinski definition) is 6. The van der Waals surface area contributed by atoms with E-state index in [-0.39, 0.29) is 5.91 Å². The van der Waals surface area contributed by atoms with Gasteiger partial charge in [0.2, 0.25) is 0 Å². The highest BCUT2D eigenvalue weighted by molar-refractivity contribution is 5.98. The molecule has 1 aromatic heterocycles. The lowest BCUT2D eigenvalue weighted by Crippen LogP contribution is -2.44. The molecule has 0 spiro atoms. The third-order valence-electron chi connectivity index (χ3n) is 7.56. The molecule has 0 aliphatic carbocycles. The first kappa shape index (κ1) is 24.0. The van der Waals surface area contributed by atoms with Gasteiger partial charge in [-0.3, -0.25) is 4.79 Å². The summed E-state index contributed by atoms with van der Waals surface area (Å²) in [5.41, 5.74) is 5.68. The zero-order valence-electron chi connectivity index (χ0n) is 21.3. The molecule has 5 rings (SSSR count). The van der Waals surface area contributed by atoms with Gasteiger partial charge in [-0.05, 0) is 75.0 Å². The predicted octanol–water partition coefficient (Wildman–Crippen LogP) is 3.73. The van der Waals surface area contributed by atoms with Crippen molar-refractivity contribution >= 4 is 11.6 Å². The van der Waals surface area contributed by atoms with E-state index < -0.39 is 0 Å². The molecule has 8 nitrogen and oxygen atoms in total. The Bertz CT molecular complexity index is 1270. The van der Waals surface area contributed by atoms with E-state index in [9.17, 15) is 4.79 Å². The number of carbonyl (C=O) groups excluding carboxylic acids is 1. The smallest absolute Gasteiger partial charge is 0.254 e. The minimum absolute atomic E-state index is 0.0770. The highest BCUT2D eigenvalue weighted by Crippen LogP contribution is 2.34. The topological polar surface area (TPSA) is 92.1 Å². The van der Waals surface area contributed by atoms with E-state index in [0.717, 1.165) is 80.3 Å². The number of aromatic amines is 1. The molecule has 36 heavy (non-hydrogen) atoms.